The Morgan fingerprint density at radius 2 is 0.632 bits per heavy atom. The summed E-state index contributed by atoms with van der Waals surface area (Å²) >= 11 is 1.82. The second kappa shape index (κ2) is 36.0. The summed E-state index contributed by atoms with van der Waals surface area (Å²) in [7, 11) is 4.57. The number of hydrogen-bond acceptors (Lipinski definition) is 4. The largest absolute Gasteiger partial charge is 0 e. The Morgan fingerprint density at radius 3 is 0.632 bits per heavy atom. The number of carboxylic acid groups (broad SMARTS) is 4. The zero-order valence-electron chi connectivity index (χ0n) is 10.5. The van der Waals surface area contributed by atoms with E-state index in [2.05, 4.69) is 9.69 Å². The van der Waals surface area contributed by atoms with E-state index in [1.807, 2.05) is 17.3 Å². The average molecular weight is 478 g/mol. The molecule has 11 heteroatoms. The molecule has 0 aromatic heterocycles. The molecule has 8 nitrogen and oxygen atoms in total. The molecule has 0 saturated carbocycles. The molecule has 0 aliphatic carbocycles. The van der Waals surface area contributed by atoms with Crippen LogP contribution >= 0.6 is 9.69 Å². The van der Waals surface area contributed by atoms with Gasteiger partial charge in [0.1, 0.15) is 0 Å². The van der Waals surface area contributed by atoms with Gasteiger partial charge >= 0.3 is 27.0 Å². The molecule has 0 aliphatic rings. The Hall–Kier alpha value is -0.583. The van der Waals surface area contributed by atoms with Gasteiger partial charge in [-0.05, 0) is 0 Å². The van der Waals surface area contributed by atoms with Crippen molar-refractivity contribution in [2.45, 2.75) is 27.7 Å². The van der Waals surface area contributed by atoms with E-state index in [4.69, 9.17) is 39.6 Å². The van der Waals surface area contributed by atoms with E-state index in [1.54, 1.807) is 0 Å². The molecular formula is C8H16ClO8Ru2. The van der Waals surface area contributed by atoms with Crippen molar-refractivity contribution in [2.75, 3.05) is 0 Å². The molecule has 4 N–H and O–H groups in total. The van der Waals surface area contributed by atoms with E-state index >= 15 is 0 Å². The third-order valence-corrected chi connectivity index (χ3v) is 0. The van der Waals surface area contributed by atoms with Gasteiger partial charge in [-0.3, -0.25) is 19.2 Å². The average Bonchev–Trinajstić information content (AvgIpc) is 2.01. The van der Waals surface area contributed by atoms with Crippen molar-refractivity contribution in [3.8, 4) is 0 Å². The van der Waals surface area contributed by atoms with Crippen LogP contribution in [0, 0.1) is 0 Å². The number of halogens is 1. The van der Waals surface area contributed by atoms with Crippen molar-refractivity contribution in [1.82, 2.24) is 0 Å². The van der Waals surface area contributed by atoms with Gasteiger partial charge in [0.25, 0.3) is 23.9 Å². The number of aliphatic carboxylic acids is 4. The summed E-state index contributed by atoms with van der Waals surface area (Å²) in [4.78, 5) is 36.0. The second-order valence-electron chi connectivity index (χ2n) is 2.08. The standard InChI is InChI=1S/4C2H4O2.ClH.2Ru/c4*1-2(3)4;;;/h4*1H3,(H,3,4);1H;;/q;;;;;;+1/p-1. The van der Waals surface area contributed by atoms with Gasteiger partial charge in [0.15, 0.2) is 0 Å². The van der Waals surface area contributed by atoms with E-state index in [0.29, 0.717) is 0 Å². The summed E-state index contributed by atoms with van der Waals surface area (Å²) in [6.45, 7) is 4.33. The second-order valence-corrected chi connectivity index (χ2v) is 2.08. The summed E-state index contributed by atoms with van der Waals surface area (Å²) in [5.41, 5.74) is 0. The van der Waals surface area contributed by atoms with Gasteiger partial charge in [-0.2, -0.15) is 0 Å². The third kappa shape index (κ3) is 12200. The molecule has 0 aliphatic heterocycles. The van der Waals surface area contributed by atoms with Crippen molar-refractivity contribution in [3.05, 3.63) is 0 Å². The van der Waals surface area contributed by atoms with Crippen LogP contribution in [0.25, 0.3) is 0 Å². The van der Waals surface area contributed by atoms with Gasteiger partial charge in [0.2, 0.25) is 0 Å². The number of carboxylic acids is 4. The van der Waals surface area contributed by atoms with E-state index in [9.17, 15) is 0 Å². The van der Waals surface area contributed by atoms with Crippen molar-refractivity contribution in [2.24, 2.45) is 0 Å². The Balaban J connectivity index is -0.0000000279. The molecule has 0 aromatic rings. The van der Waals surface area contributed by atoms with Crippen LogP contribution in [0.1, 0.15) is 27.7 Å². The fourth-order valence-electron chi connectivity index (χ4n) is 0. The van der Waals surface area contributed by atoms with E-state index in [1.165, 1.54) is 0 Å². The smallest absolute Gasteiger partial charge is 0 e. The zero-order valence-corrected chi connectivity index (χ0v) is 14.7. The minimum Gasteiger partial charge on any atom is 0 e. The van der Waals surface area contributed by atoms with Crippen molar-refractivity contribution < 1.29 is 76.4 Å². The van der Waals surface area contributed by atoms with Gasteiger partial charge in [0, 0.05) is 47.2 Å². The Bertz CT molecular complexity index is 171. The maximum Gasteiger partial charge on any atom is 0 e. The maximum absolute atomic E-state index is 9.00. The Labute approximate surface area is 137 Å². The van der Waals surface area contributed by atoms with Crippen LogP contribution in [0.2, 0.25) is 0 Å². The molecule has 0 fully saturated rings. The quantitative estimate of drug-likeness (QED) is 0.378. The molecule has 0 amide bonds. The predicted molar refractivity (Wildman–Crippen MR) is 59.1 cm³/mol. The fourth-order valence-corrected chi connectivity index (χ4v) is 0. The van der Waals surface area contributed by atoms with Crippen LogP contribution in [0.15, 0.2) is 0 Å². The van der Waals surface area contributed by atoms with E-state index in [0.717, 1.165) is 27.7 Å². The first-order valence-corrected chi connectivity index (χ1v) is 6.08. The normalized spacial score (nSPS) is 5.58. The Morgan fingerprint density at radius 1 is 0.632 bits per heavy atom. The van der Waals surface area contributed by atoms with E-state index in [-0.39, 0.29) is 19.5 Å². The van der Waals surface area contributed by atoms with Crippen LogP contribution in [-0.4, -0.2) is 44.3 Å². The van der Waals surface area contributed by atoms with Crippen molar-refractivity contribution in [1.29, 1.82) is 0 Å². The predicted octanol–water partition coefficient (Wildman–Crippen LogP) is 1.05. The first-order valence-electron chi connectivity index (χ1n) is 3.84. The summed E-state index contributed by atoms with van der Waals surface area (Å²) < 4.78 is 0. The third-order valence-electron chi connectivity index (χ3n) is 0. The van der Waals surface area contributed by atoms with Crippen molar-refractivity contribution >= 4 is 33.6 Å². The summed E-state index contributed by atoms with van der Waals surface area (Å²) in [6.07, 6.45) is 0. The molecule has 19 heavy (non-hydrogen) atoms. The molecule has 0 aromatic carbocycles. The van der Waals surface area contributed by atoms with Crippen molar-refractivity contribution in [3.63, 3.8) is 0 Å². The SMILES string of the molecule is CC(=O)O.CC(=O)O.CC(=O)O.CC(=O)O.[Cl][Ru].[Ru]. The molecule has 0 rings (SSSR count). The molecule has 0 radical (unpaired) electrons. The topological polar surface area (TPSA) is 149 Å². The number of hydrogen-bond donors (Lipinski definition) is 4. The molecule has 0 atom stereocenters. The van der Waals surface area contributed by atoms with Gasteiger partial charge < -0.3 is 20.4 Å². The van der Waals surface area contributed by atoms with Gasteiger partial charge in [-0.15, -0.1) is 0 Å². The molecular weight excluding hydrogens is 462 g/mol. The monoisotopic (exact) mass is 479 g/mol. The fraction of sp³-hybridized carbons (Fsp3) is 0.500. The Kier molecular flexibility index (Phi) is 68.7. The first kappa shape index (κ1) is 36.2. The molecule has 0 saturated heterocycles. The van der Waals surface area contributed by atoms with Crippen LogP contribution in [0.4, 0.5) is 0 Å². The molecule has 119 valence electrons. The van der Waals surface area contributed by atoms with Crippen LogP contribution in [0.5, 0.6) is 0 Å². The summed E-state index contributed by atoms with van der Waals surface area (Å²) in [5, 5.41) is 29.7. The van der Waals surface area contributed by atoms with Gasteiger partial charge in [-0.25, -0.2) is 0 Å². The van der Waals surface area contributed by atoms with E-state index < -0.39 is 23.9 Å². The van der Waals surface area contributed by atoms with Gasteiger partial charge in [0.05, 0.1) is 0 Å². The molecule has 0 bridgehead atoms. The van der Waals surface area contributed by atoms with Crippen LogP contribution < -0.4 is 0 Å². The minimum absolute atomic E-state index is 0. The van der Waals surface area contributed by atoms with Crippen LogP contribution in [0.3, 0.4) is 0 Å². The molecule has 0 spiro atoms. The number of rotatable bonds is 0. The number of carbonyl (C=O) groups is 4. The molecule has 0 heterocycles. The zero-order chi connectivity index (χ0) is 16.3. The maximum atomic E-state index is 9.00. The van der Waals surface area contributed by atoms with Gasteiger partial charge in [-0.1, -0.05) is 0 Å². The van der Waals surface area contributed by atoms with Crippen LogP contribution in [-0.2, 0) is 56.0 Å². The minimum atomic E-state index is -0.833. The molecule has 0 unspecified atom stereocenters. The summed E-state index contributed by atoms with van der Waals surface area (Å²) in [6, 6.07) is 0. The summed E-state index contributed by atoms with van der Waals surface area (Å²) in [5.74, 6) is -3.33. The first-order chi connectivity index (χ1) is 7.93.